The van der Waals surface area contributed by atoms with Crippen LogP contribution in [0, 0.1) is 0 Å². The second-order valence-electron chi connectivity index (χ2n) is 5.93. The molecular weight excluding hydrogens is 342 g/mol. The summed E-state index contributed by atoms with van der Waals surface area (Å²) in [6.07, 6.45) is 2.10. The van der Waals surface area contributed by atoms with Crippen LogP contribution in [0.2, 0.25) is 0 Å². The molecule has 4 nitrogen and oxygen atoms in total. The van der Waals surface area contributed by atoms with Gasteiger partial charge in [-0.3, -0.25) is 0 Å². The summed E-state index contributed by atoms with van der Waals surface area (Å²) in [4.78, 5) is 2.29. The first kappa shape index (κ1) is 17.3. The predicted molar refractivity (Wildman–Crippen MR) is 97.3 cm³/mol. The van der Waals surface area contributed by atoms with Crippen LogP contribution in [-0.2, 0) is 10.0 Å². The highest BCUT2D eigenvalue weighted by Crippen LogP contribution is 2.38. The third-order valence-corrected chi connectivity index (χ3v) is 6.51. The number of benzene rings is 2. The van der Waals surface area contributed by atoms with Crippen LogP contribution in [0.5, 0.6) is 5.75 Å². The van der Waals surface area contributed by atoms with Crippen LogP contribution >= 0.6 is 11.8 Å². The number of nitrogens with zero attached hydrogens (tertiary/aromatic N) is 1. The van der Waals surface area contributed by atoms with E-state index in [1.165, 1.54) is 11.2 Å². The van der Waals surface area contributed by atoms with E-state index in [-0.39, 0.29) is 5.92 Å². The zero-order chi connectivity index (χ0) is 17.2. The quantitative estimate of drug-likeness (QED) is 0.814. The highest BCUT2D eigenvalue weighted by atomic mass is 32.2. The van der Waals surface area contributed by atoms with Crippen molar-refractivity contribution in [1.29, 1.82) is 0 Å². The molecule has 1 heterocycles. The normalized spacial score (nSPS) is 18.7. The molecule has 6 heteroatoms. The molecule has 0 aliphatic carbocycles. The SMILES string of the molecule is COc1cc(Sc2ccccc2)ccc1[C@@H]1CCN(S(C)(=O)=O)C1. The molecule has 1 atom stereocenters. The zero-order valence-electron chi connectivity index (χ0n) is 13.8. The Hall–Kier alpha value is -1.50. The Morgan fingerprint density at radius 2 is 1.88 bits per heavy atom. The van der Waals surface area contributed by atoms with Gasteiger partial charge in [-0.1, -0.05) is 36.0 Å². The Bertz CT molecular complexity index is 806. The van der Waals surface area contributed by atoms with Gasteiger partial charge in [0.1, 0.15) is 5.75 Å². The number of hydrogen-bond donors (Lipinski definition) is 0. The summed E-state index contributed by atoms with van der Waals surface area (Å²) in [5.41, 5.74) is 1.08. The van der Waals surface area contributed by atoms with Crippen LogP contribution in [0.4, 0.5) is 0 Å². The minimum absolute atomic E-state index is 0.186. The fourth-order valence-corrected chi connectivity index (χ4v) is 4.76. The maximum absolute atomic E-state index is 11.7. The van der Waals surface area contributed by atoms with Gasteiger partial charge in [0.05, 0.1) is 13.4 Å². The van der Waals surface area contributed by atoms with E-state index in [0.29, 0.717) is 13.1 Å². The molecule has 0 bridgehead atoms. The molecule has 0 radical (unpaired) electrons. The number of sulfonamides is 1. The van der Waals surface area contributed by atoms with Crippen LogP contribution < -0.4 is 4.74 Å². The lowest BCUT2D eigenvalue weighted by atomic mass is 9.97. The summed E-state index contributed by atoms with van der Waals surface area (Å²) < 4.78 is 30.5. The lowest BCUT2D eigenvalue weighted by Gasteiger charge is -2.17. The van der Waals surface area contributed by atoms with E-state index in [4.69, 9.17) is 4.74 Å². The summed E-state index contributed by atoms with van der Waals surface area (Å²) in [5, 5.41) is 0. The van der Waals surface area contributed by atoms with E-state index in [1.54, 1.807) is 23.2 Å². The largest absolute Gasteiger partial charge is 0.496 e. The number of rotatable bonds is 5. The van der Waals surface area contributed by atoms with Crippen LogP contribution in [0.3, 0.4) is 0 Å². The fourth-order valence-electron chi connectivity index (χ4n) is 3.00. The molecule has 128 valence electrons. The van der Waals surface area contributed by atoms with Gasteiger partial charge in [-0.25, -0.2) is 12.7 Å². The minimum Gasteiger partial charge on any atom is -0.496 e. The van der Waals surface area contributed by atoms with Gasteiger partial charge in [-0.15, -0.1) is 0 Å². The van der Waals surface area contributed by atoms with Crippen molar-refractivity contribution in [3.05, 3.63) is 54.1 Å². The Kier molecular flexibility index (Phi) is 5.18. The Morgan fingerprint density at radius 1 is 1.12 bits per heavy atom. The molecule has 0 spiro atoms. The fraction of sp³-hybridized carbons (Fsp3) is 0.333. The third kappa shape index (κ3) is 3.94. The maximum Gasteiger partial charge on any atom is 0.211 e. The summed E-state index contributed by atoms with van der Waals surface area (Å²) in [6, 6.07) is 16.4. The number of methoxy groups -OCH3 is 1. The summed E-state index contributed by atoms with van der Waals surface area (Å²) in [5.74, 6) is 1.02. The van der Waals surface area contributed by atoms with Gasteiger partial charge in [0, 0.05) is 28.8 Å². The van der Waals surface area contributed by atoms with Crippen molar-refractivity contribution in [3.63, 3.8) is 0 Å². The molecule has 2 aromatic carbocycles. The van der Waals surface area contributed by atoms with Crippen molar-refractivity contribution in [3.8, 4) is 5.75 Å². The first-order chi connectivity index (χ1) is 11.5. The highest BCUT2D eigenvalue weighted by Gasteiger charge is 2.31. The van der Waals surface area contributed by atoms with Gasteiger partial charge in [-0.2, -0.15) is 0 Å². The second kappa shape index (κ2) is 7.17. The molecular formula is C18H21NO3S2. The molecule has 0 N–H and O–H groups in total. The average molecular weight is 364 g/mol. The Labute approximate surface area is 147 Å². The van der Waals surface area contributed by atoms with Gasteiger partial charge in [0.15, 0.2) is 0 Å². The van der Waals surface area contributed by atoms with E-state index in [9.17, 15) is 8.42 Å². The summed E-state index contributed by atoms with van der Waals surface area (Å²) >= 11 is 1.69. The molecule has 1 fully saturated rings. The van der Waals surface area contributed by atoms with E-state index < -0.39 is 10.0 Å². The van der Waals surface area contributed by atoms with Crippen molar-refractivity contribution >= 4 is 21.8 Å². The lowest BCUT2D eigenvalue weighted by molar-refractivity contribution is 0.403. The molecule has 1 aliphatic heterocycles. The first-order valence-corrected chi connectivity index (χ1v) is 10.5. The minimum atomic E-state index is -3.12. The van der Waals surface area contributed by atoms with Gasteiger partial charge in [-0.05, 0) is 36.2 Å². The van der Waals surface area contributed by atoms with Crippen LogP contribution in [0.1, 0.15) is 17.9 Å². The molecule has 0 unspecified atom stereocenters. The molecule has 2 aromatic rings. The van der Waals surface area contributed by atoms with Crippen molar-refractivity contribution < 1.29 is 13.2 Å². The van der Waals surface area contributed by atoms with E-state index >= 15 is 0 Å². The molecule has 24 heavy (non-hydrogen) atoms. The smallest absolute Gasteiger partial charge is 0.211 e. The predicted octanol–water partition coefficient (Wildman–Crippen LogP) is 3.60. The Morgan fingerprint density at radius 3 is 2.50 bits per heavy atom. The lowest BCUT2D eigenvalue weighted by Crippen LogP contribution is -2.27. The molecule has 3 rings (SSSR count). The number of ether oxygens (including phenoxy) is 1. The topological polar surface area (TPSA) is 46.6 Å². The standard InChI is InChI=1S/C18H21NO3S2/c1-22-18-12-16(23-15-6-4-3-5-7-15)8-9-17(18)14-10-11-19(13-14)24(2,20)21/h3-9,12,14H,10-11,13H2,1-2H3/t14-/m1/s1. The van der Waals surface area contributed by atoms with Crippen molar-refractivity contribution in [1.82, 2.24) is 4.31 Å². The van der Waals surface area contributed by atoms with Crippen LogP contribution in [0.25, 0.3) is 0 Å². The van der Waals surface area contributed by atoms with Crippen molar-refractivity contribution in [2.75, 3.05) is 26.5 Å². The molecule has 0 aromatic heterocycles. The monoisotopic (exact) mass is 363 g/mol. The maximum atomic E-state index is 11.7. The van der Waals surface area contributed by atoms with Crippen molar-refractivity contribution in [2.24, 2.45) is 0 Å². The van der Waals surface area contributed by atoms with E-state index in [2.05, 4.69) is 24.3 Å². The average Bonchev–Trinajstić information content (AvgIpc) is 3.06. The Balaban J connectivity index is 1.80. The molecule has 0 saturated carbocycles. The highest BCUT2D eigenvalue weighted by molar-refractivity contribution is 7.99. The third-order valence-electron chi connectivity index (χ3n) is 4.24. The van der Waals surface area contributed by atoms with E-state index in [0.717, 1.165) is 22.6 Å². The number of hydrogen-bond acceptors (Lipinski definition) is 4. The van der Waals surface area contributed by atoms with Gasteiger partial charge >= 0.3 is 0 Å². The molecule has 1 saturated heterocycles. The van der Waals surface area contributed by atoms with Crippen molar-refractivity contribution in [2.45, 2.75) is 22.1 Å². The van der Waals surface area contributed by atoms with Crippen LogP contribution in [-0.4, -0.2) is 39.2 Å². The molecule has 1 aliphatic rings. The van der Waals surface area contributed by atoms with E-state index in [1.807, 2.05) is 24.3 Å². The van der Waals surface area contributed by atoms with Gasteiger partial charge < -0.3 is 4.74 Å². The summed E-state index contributed by atoms with van der Waals surface area (Å²) in [6.45, 7) is 1.10. The zero-order valence-corrected chi connectivity index (χ0v) is 15.4. The van der Waals surface area contributed by atoms with Gasteiger partial charge in [0.2, 0.25) is 10.0 Å². The molecule has 0 amide bonds. The van der Waals surface area contributed by atoms with Crippen LogP contribution in [0.15, 0.2) is 58.3 Å². The summed E-state index contributed by atoms with van der Waals surface area (Å²) in [7, 11) is -1.46. The second-order valence-corrected chi connectivity index (χ2v) is 9.05. The van der Waals surface area contributed by atoms with Gasteiger partial charge in [0.25, 0.3) is 0 Å². The first-order valence-electron chi connectivity index (χ1n) is 7.83.